The number of rotatable bonds is 11. The first-order valence-corrected chi connectivity index (χ1v) is 11.2. The number of benzene rings is 2. The molecule has 0 radical (unpaired) electrons. The van der Waals surface area contributed by atoms with Crippen LogP contribution in [-0.2, 0) is 17.8 Å². The summed E-state index contributed by atoms with van der Waals surface area (Å²) in [5, 5.41) is 11.9. The second-order valence-electron chi connectivity index (χ2n) is 8.15. The average Bonchev–Trinajstić information content (AvgIpc) is 2.83. The lowest BCUT2D eigenvalue weighted by molar-refractivity contribution is -0.139. The number of hydrogen-bond donors (Lipinski definition) is 4. The molecular formula is C26H29N5O4. The van der Waals surface area contributed by atoms with Gasteiger partial charge in [0.2, 0.25) is 0 Å². The Labute approximate surface area is 203 Å². The Morgan fingerprint density at radius 1 is 0.971 bits per heavy atom. The van der Waals surface area contributed by atoms with Gasteiger partial charge in [0.25, 0.3) is 11.5 Å². The molecule has 1 heterocycles. The van der Waals surface area contributed by atoms with Gasteiger partial charge in [0.05, 0.1) is 6.54 Å². The van der Waals surface area contributed by atoms with Crippen LogP contribution in [0.5, 0.6) is 0 Å². The summed E-state index contributed by atoms with van der Waals surface area (Å²) in [5.74, 6) is -2.03. The van der Waals surface area contributed by atoms with E-state index in [-0.39, 0.29) is 31.0 Å². The molecule has 0 saturated heterocycles. The minimum atomic E-state index is -1.20. The summed E-state index contributed by atoms with van der Waals surface area (Å²) in [6.45, 7) is 0.521. The molecule has 1 amide bonds. The first-order valence-electron chi connectivity index (χ1n) is 11.2. The Morgan fingerprint density at radius 3 is 2.40 bits per heavy atom. The molecule has 0 aliphatic carbocycles. The van der Waals surface area contributed by atoms with Crippen LogP contribution in [0.25, 0.3) is 0 Å². The van der Waals surface area contributed by atoms with E-state index >= 15 is 0 Å². The molecule has 0 aliphatic rings. The van der Waals surface area contributed by atoms with E-state index < -0.39 is 23.5 Å². The lowest BCUT2D eigenvalue weighted by Gasteiger charge is -2.15. The molecule has 182 valence electrons. The number of aliphatic imine (C=N–C) groups is 1. The number of guanidine groups is 1. The van der Waals surface area contributed by atoms with Crippen molar-refractivity contribution < 1.29 is 14.7 Å². The third-order valence-corrected chi connectivity index (χ3v) is 5.41. The maximum atomic E-state index is 13.0. The van der Waals surface area contributed by atoms with Crippen LogP contribution in [-0.4, -0.2) is 40.1 Å². The molecule has 0 bridgehead atoms. The van der Waals surface area contributed by atoms with Crippen LogP contribution >= 0.6 is 0 Å². The molecule has 35 heavy (non-hydrogen) atoms. The van der Waals surface area contributed by atoms with Gasteiger partial charge in [0.1, 0.15) is 11.6 Å². The Bertz CT molecular complexity index is 1250. The van der Waals surface area contributed by atoms with Gasteiger partial charge in [-0.05, 0) is 48.1 Å². The molecule has 3 rings (SSSR count). The van der Waals surface area contributed by atoms with E-state index in [1.165, 1.54) is 16.2 Å². The molecular weight excluding hydrogens is 446 g/mol. The summed E-state index contributed by atoms with van der Waals surface area (Å²) < 4.78 is 1.44. The SMILES string of the molecule is NC(N)=NCCCC(NC(=O)c1cccn(Cc2cccc(Cc3ccccc3)c2)c1=O)C(=O)O. The number of nitrogens with two attached hydrogens (primary N) is 2. The first kappa shape index (κ1) is 25.2. The van der Waals surface area contributed by atoms with Gasteiger partial charge in [0, 0.05) is 12.7 Å². The van der Waals surface area contributed by atoms with Gasteiger partial charge in [-0.15, -0.1) is 0 Å². The predicted octanol–water partition coefficient (Wildman–Crippen LogP) is 1.72. The predicted molar refractivity (Wildman–Crippen MR) is 134 cm³/mol. The molecule has 2 aromatic carbocycles. The molecule has 3 aromatic rings. The molecule has 0 spiro atoms. The summed E-state index contributed by atoms with van der Waals surface area (Å²) in [7, 11) is 0. The number of carboxylic acid groups (broad SMARTS) is 1. The summed E-state index contributed by atoms with van der Waals surface area (Å²) >= 11 is 0. The minimum absolute atomic E-state index is 0.0867. The van der Waals surface area contributed by atoms with Gasteiger partial charge >= 0.3 is 5.97 Å². The molecule has 9 nitrogen and oxygen atoms in total. The Hall–Kier alpha value is -4.40. The maximum Gasteiger partial charge on any atom is 0.326 e. The summed E-state index contributed by atoms with van der Waals surface area (Å²) in [4.78, 5) is 41.1. The molecule has 0 aliphatic heterocycles. The number of aromatic nitrogens is 1. The van der Waals surface area contributed by atoms with E-state index in [2.05, 4.69) is 22.4 Å². The van der Waals surface area contributed by atoms with E-state index in [9.17, 15) is 19.5 Å². The molecule has 1 aromatic heterocycles. The molecule has 0 saturated carbocycles. The van der Waals surface area contributed by atoms with Crippen LogP contribution in [0.15, 0.2) is 82.7 Å². The van der Waals surface area contributed by atoms with Crippen LogP contribution in [0.1, 0.15) is 39.9 Å². The minimum Gasteiger partial charge on any atom is -0.480 e. The highest BCUT2D eigenvalue weighted by Gasteiger charge is 2.22. The van der Waals surface area contributed by atoms with Crippen molar-refractivity contribution in [2.24, 2.45) is 16.5 Å². The first-order chi connectivity index (χ1) is 16.8. The number of nitrogens with one attached hydrogen (secondary N) is 1. The van der Waals surface area contributed by atoms with Gasteiger partial charge in [-0.2, -0.15) is 0 Å². The highest BCUT2D eigenvalue weighted by molar-refractivity contribution is 5.96. The van der Waals surface area contributed by atoms with Gasteiger partial charge in [-0.25, -0.2) is 4.79 Å². The van der Waals surface area contributed by atoms with Crippen LogP contribution in [0.3, 0.4) is 0 Å². The highest BCUT2D eigenvalue weighted by Crippen LogP contribution is 2.12. The fourth-order valence-corrected chi connectivity index (χ4v) is 3.70. The molecule has 9 heteroatoms. The van der Waals surface area contributed by atoms with Crippen molar-refractivity contribution in [2.75, 3.05) is 6.54 Å². The average molecular weight is 476 g/mol. The van der Waals surface area contributed by atoms with Crippen molar-refractivity contribution >= 4 is 17.8 Å². The van der Waals surface area contributed by atoms with Crippen molar-refractivity contribution in [1.82, 2.24) is 9.88 Å². The molecule has 1 atom stereocenters. The lowest BCUT2D eigenvalue weighted by Crippen LogP contribution is -2.43. The summed E-state index contributed by atoms with van der Waals surface area (Å²) in [6, 6.07) is 19.8. The zero-order chi connectivity index (χ0) is 25.2. The normalized spacial score (nSPS) is 11.4. The largest absolute Gasteiger partial charge is 0.480 e. The number of carboxylic acids is 1. The van der Waals surface area contributed by atoms with Gasteiger partial charge < -0.3 is 26.5 Å². The zero-order valence-corrected chi connectivity index (χ0v) is 19.3. The maximum absolute atomic E-state index is 13.0. The van der Waals surface area contributed by atoms with Crippen LogP contribution in [0.2, 0.25) is 0 Å². The third-order valence-electron chi connectivity index (χ3n) is 5.41. The number of aliphatic carboxylic acids is 1. The number of carbonyl (C=O) groups is 2. The highest BCUT2D eigenvalue weighted by atomic mass is 16.4. The third kappa shape index (κ3) is 7.56. The molecule has 1 unspecified atom stereocenters. The lowest BCUT2D eigenvalue weighted by atomic mass is 10.0. The Balaban J connectivity index is 1.70. The Kier molecular flexibility index (Phi) is 8.77. The van der Waals surface area contributed by atoms with Crippen molar-refractivity contribution in [1.29, 1.82) is 0 Å². The smallest absolute Gasteiger partial charge is 0.326 e. The fourth-order valence-electron chi connectivity index (χ4n) is 3.70. The van der Waals surface area contributed by atoms with Crippen LogP contribution in [0, 0.1) is 0 Å². The van der Waals surface area contributed by atoms with E-state index in [0.717, 1.165) is 17.5 Å². The van der Waals surface area contributed by atoms with E-state index in [1.807, 2.05) is 42.5 Å². The Morgan fingerprint density at radius 2 is 1.69 bits per heavy atom. The van der Waals surface area contributed by atoms with E-state index in [1.54, 1.807) is 12.3 Å². The fraction of sp³-hybridized carbons (Fsp3) is 0.231. The van der Waals surface area contributed by atoms with Crippen molar-refractivity contribution in [3.05, 3.63) is 106 Å². The van der Waals surface area contributed by atoms with E-state index in [0.29, 0.717) is 6.42 Å². The van der Waals surface area contributed by atoms with Gasteiger partial charge in [-0.3, -0.25) is 14.6 Å². The monoisotopic (exact) mass is 475 g/mol. The number of hydrogen-bond acceptors (Lipinski definition) is 4. The second kappa shape index (κ2) is 12.2. The van der Waals surface area contributed by atoms with Crippen molar-refractivity contribution in [2.45, 2.75) is 31.8 Å². The summed E-state index contributed by atoms with van der Waals surface area (Å²) in [5.41, 5.74) is 13.1. The second-order valence-corrected chi connectivity index (χ2v) is 8.15. The summed E-state index contributed by atoms with van der Waals surface area (Å²) in [6.07, 6.45) is 2.85. The number of pyridine rings is 1. The van der Waals surface area contributed by atoms with Crippen molar-refractivity contribution in [3.8, 4) is 0 Å². The number of amides is 1. The standard InChI is InChI=1S/C26H29N5O4/c27-26(28)29-13-5-12-22(25(34)35)30-23(32)21-11-6-14-31(24(21)33)17-20-10-4-9-19(16-20)15-18-7-2-1-3-8-18/h1-4,6-11,14,16,22H,5,12-13,15,17H2,(H,30,32)(H,34,35)(H4,27,28,29). The zero-order valence-electron chi connectivity index (χ0n) is 19.3. The molecule has 0 fully saturated rings. The van der Waals surface area contributed by atoms with Crippen LogP contribution in [0.4, 0.5) is 0 Å². The van der Waals surface area contributed by atoms with E-state index in [4.69, 9.17) is 11.5 Å². The van der Waals surface area contributed by atoms with Crippen LogP contribution < -0.4 is 22.3 Å². The van der Waals surface area contributed by atoms with Crippen molar-refractivity contribution in [3.63, 3.8) is 0 Å². The molecule has 6 N–H and O–H groups in total. The number of nitrogens with zero attached hydrogens (tertiary/aromatic N) is 2. The van der Waals surface area contributed by atoms with Gasteiger partial charge in [0.15, 0.2) is 5.96 Å². The number of carbonyl (C=O) groups excluding carboxylic acids is 1. The topological polar surface area (TPSA) is 153 Å². The quantitative estimate of drug-likeness (QED) is 0.188. The van der Waals surface area contributed by atoms with Gasteiger partial charge in [-0.1, -0.05) is 54.6 Å².